The number of benzene rings is 1. The summed E-state index contributed by atoms with van der Waals surface area (Å²) in [6.45, 7) is 5.20. The molecule has 1 heterocycles. The maximum atomic E-state index is 5.82. The molecule has 3 nitrogen and oxygen atoms in total. The molecule has 0 radical (unpaired) electrons. The van der Waals surface area contributed by atoms with E-state index in [1.807, 2.05) is 36.7 Å². The number of nitrogens with zero attached hydrogens (tertiary/aromatic N) is 2. The second kappa shape index (κ2) is 15.6. The number of ether oxygens (including phenoxy) is 1. The summed E-state index contributed by atoms with van der Waals surface area (Å²) >= 11 is 0. The van der Waals surface area contributed by atoms with Crippen molar-refractivity contribution >= 4 is 0 Å². The molecule has 3 heteroatoms. The van der Waals surface area contributed by atoms with Gasteiger partial charge in [-0.1, -0.05) is 77.4 Å². The minimum Gasteiger partial charge on any atom is -0.493 e. The lowest BCUT2D eigenvalue weighted by Crippen LogP contribution is -1.96. The van der Waals surface area contributed by atoms with E-state index in [4.69, 9.17) is 4.74 Å². The van der Waals surface area contributed by atoms with E-state index in [1.165, 1.54) is 69.8 Å². The van der Waals surface area contributed by atoms with Gasteiger partial charge in [0.2, 0.25) is 0 Å². The predicted octanol–water partition coefficient (Wildman–Crippen LogP) is 7.95. The van der Waals surface area contributed by atoms with E-state index in [-0.39, 0.29) is 0 Å². The molecule has 0 saturated carbocycles. The highest BCUT2D eigenvalue weighted by Crippen LogP contribution is 2.20. The molecule has 0 saturated heterocycles. The van der Waals surface area contributed by atoms with Gasteiger partial charge in [-0.05, 0) is 55.5 Å². The summed E-state index contributed by atoms with van der Waals surface area (Å²) in [4.78, 5) is 9.14. The molecule has 164 valence electrons. The molecule has 1 aromatic heterocycles. The van der Waals surface area contributed by atoms with Crippen LogP contribution in [0, 0.1) is 0 Å². The first kappa shape index (κ1) is 24.1. The van der Waals surface area contributed by atoms with Crippen LogP contribution >= 0.6 is 0 Å². The van der Waals surface area contributed by atoms with Crippen LogP contribution in [0.3, 0.4) is 0 Å². The minimum atomic E-state index is 0.714. The molecular weight excluding hydrogens is 368 g/mol. The van der Waals surface area contributed by atoms with Crippen molar-refractivity contribution in [2.45, 2.75) is 90.9 Å². The number of hydrogen-bond donors (Lipinski definition) is 0. The Hall–Kier alpha value is -2.16. The Morgan fingerprint density at radius 1 is 0.733 bits per heavy atom. The lowest BCUT2D eigenvalue weighted by molar-refractivity contribution is 0.325. The number of unbranched alkanes of at least 4 members (excludes halogenated alkanes) is 8. The Bertz CT molecular complexity index is 692. The smallest absolute Gasteiger partial charge is 0.159 e. The number of hydrogen-bond acceptors (Lipinski definition) is 3. The summed E-state index contributed by atoms with van der Waals surface area (Å²) in [5.41, 5.74) is 2.27. The molecule has 0 bridgehead atoms. The first-order valence-electron chi connectivity index (χ1n) is 12.0. The lowest BCUT2D eigenvalue weighted by atomic mass is 10.1. The Kier molecular flexibility index (Phi) is 12.6. The van der Waals surface area contributed by atoms with Crippen molar-refractivity contribution in [3.63, 3.8) is 0 Å². The van der Waals surface area contributed by atoms with E-state index in [2.05, 4.69) is 36.0 Å². The number of allylic oxidation sites excluding steroid dienone is 1. The zero-order valence-electron chi connectivity index (χ0n) is 19.1. The molecule has 0 aliphatic rings. The molecule has 0 aliphatic carbocycles. The van der Waals surface area contributed by atoms with Crippen LogP contribution in [-0.4, -0.2) is 16.6 Å². The SMILES string of the molecule is CCCCC=CCCOc1ccc(-c2ncc(CCCCCCCCC)cn2)cc1. The van der Waals surface area contributed by atoms with E-state index in [0.717, 1.165) is 30.0 Å². The maximum absolute atomic E-state index is 5.82. The summed E-state index contributed by atoms with van der Waals surface area (Å²) in [5, 5.41) is 0. The molecule has 0 fully saturated rings. The number of rotatable bonds is 16. The third-order valence-electron chi connectivity index (χ3n) is 5.33. The number of aromatic nitrogens is 2. The molecule has 0 atom stereocenters. The lowest BCUT2D eigenvalue weighted by Gasteiger charge is -2.06. The zero-order chi connectivity index (χ0) is 21.3. The molecule has 0 unspecified atom stereocenters. The van der Waals surface area contributed by atoms with Crippen LogP contribution in [0.5, 0.6) is 5.75 Å². The van der Waals surface area contributed by atoms with E-state index >= 15 is 0 Å². The van der Waals surface area contributed by atoms with Gasteiger partial charge in [0.05, 0.1) is 6.61 Å². The second-order valence-electron chi connectivity index (χ2n) is 8.06. The normalized spacial score (nSPS) is 11.3. The van der Waals surface area contributed by atoms with Crippen molar-refractivity contribution in [2.24, 2.45) is 0 Å². The van der Waals surface area contributed by atoms with Gasteiger partial charge in [0, 0.05) is 18.0 Å². The van der Waals surface area contributed by atoms with Crippen LogP contribution < -0.4 is 4.74 Å². The van der Waals surface area contributed by atoms with Gasteiger partial charge in [-0.2, -0.15) is 0 Å². The van der Waals surface area contributed by atoms with Gasteiger partial charge in [-0.15, -0.1) is 0 Å². The van der Waals surface area contributed by atoms with E-state index < -0.39 is 0 Å². The summed E-state index contributed by atoms with van der Waals surface area (Å²) in [5.74, 6) is 1.68. The fourth-order valence-corrected chi connectivity index (χ4v) is 3.42. The maximum Gasteiger partial charge on any atom is 0.159 e. The standard InChI is InChI=1S/C27H40N2O/c1-3-5-7-9-11-12-14-16-24-22-28-27(29-23-24)25-17-19-26(20-18-25)30-21-15-13-10-8-6-4-2/h10,13,17-20,22-23H,3-9,11-12,14-16,21H2,1-2H3. The quantitative estimate of drug-likeness (QED) is 0.209. The van der Waals surface area contributed by atoms with Crippen molar-refractivity contribution in [2.75, 3.05) is 6.61 Å². The largest absolute Gasteiger partial charge is 0.493 e. The van der Waals surface area contributed by atoms with Crippen LogP contribution in [-0.2, 0) is 6.42 Å². The van der Waals surface area contributed by atoms with Gasteiger partial charge < -0.3 is 4.74 Å². The van der Waals surface area contributed by atoms with Crippen molar-refractivity contribution in [1.82, 2.24) is 9.97 Å². The van der Waals surface area contributed by atoms with Crippen molar-refractivity contribution in [3.05, 3.63) is 54.4 Å². The highest BCUT2D eigenvalue weighted by Gasteiger charge is 2.03. The summed E-state index contributed by atoms with van der Waals surface area (Å²) in [6.07, 6.45) is 23.5. The Labute approximate surface area is 184 Å². The first-order chi connectivity index (χ1) is 14.8. The third kappa shape index (κ3) is 10.0. The summed E-state index contributed by atoms with van der Waals surface area (Å²) in [7, 11) is 0. The molecule has 0 aliphatic heterocycles. The van der Waals surface area contributed by atoms with Gasteiger partial charge in [-0.3, -0.25) is 0 Å². The highest BCUT2D eigenvalue weighted by atomic mass is 16.5. The van der Waals surface area contributed by atoms with Crippen molar-refractivity contribution < 1.29 is 4.74 Å². The highest BCUT2D eigenvalue weighted by molar-refractivity contribution is 5.55. The summed E-state index contributed by atoms with van der Waals surface area (Å²) in [6, 6.07) is 8.09. The molecule has 2 aromatic rings. The Balaban J connectivity index is 1.68. The van der Waals surface area contributed by atoms with Gasteiger partial charge in [0.15, 0.2) is 5.82 Å². The topological polar surface area (TPSA) is 35.0 Å². The molecule has 0 N–H and O–H groups in total. The number of aryl methyl sites for hydroxylation is 1. The average Bonchev–Trinajstić information content (AvgIpc) is 2.79. The fraction of sp³-hybridized carbons (Fsp3) is 0.556. The van der Waals surface area contributed by atoms with Gasteiger partial charge in [-0.25, -0.2) is 9.97 Å². The van der Waals surface area contributed by atoms with Crippen LogP contribution in [0.2, 0.25) is 0 Å². The molecular formula is C27H40N2O. The minimum absolute atomic E-state index is 0.714. The second-order valence-corrected chi connectivity index (χ2v) is 8.06. The van der Waals surface area contributed by atoms with Crippen molar-refractivity contribution in [3.8, 4) is 17.1 Å². The molecule has 1 aromatic carbocycles. The first-order valence-corrected chi connectivity index (χ1v) is 12.0. The Morgan fingerprint density at radius 2 is 1.37 bits per heavy atom. The van der Waals surface area contributed by atoms with Gasteiger partial charge in [0.1, 0.15) is 5.75 Å². The van der Waals surface area contributed by atoms with Crippen molar-refractivity contribution in [1.29, 1.82) is 0 Å². The fourth-order valence-electron chi connectivity index (χ4n) is 3.42. The van der Waals surface area contributed by atoms with Gasteiger partial charge >= 0.3 is 0 Å². The van der Waals surface area contributed by atoms with E-state index in [0.29, 0.717) is 6.61 Å². The monoisotopic (exact) mass is 408 g/mol. The van der Waals surface area contributed by atoms with Crippen LogP contribution in [0.1, 0.15) is 90.0 Å². The van der Waals surface area contributed by atoms with Crippen LogP contribution in [0.25, 0.3) is 11.4 Å². The van der Waals surface area contributed by atoms with Crippen LogP contribution in [0.4, 0.5) is 0 Å². The van der Waals surface area contributed by atoms with Gasteiger partial charge in [0.25, 0.3) is 0 Å². The third-order valence-corrected chi connectivity index (χ3v) is 5.33. The molecule has 30 heavy (non-hydrogen) atoms. The summed E-state index contributed by atoms with van der Waals surface area (Å²) < 4.78 is 5.82. The van der Waals surface area contributed by atoms with E-state index in [1.54, 1.807) is 0 Å². The predicted molar refractivity (Wildman–Crippen MR) is 128 cm³/mol. The zero-order valence-corrected chi connectivity index (χ0v) is 19.1. The Morgan fingerprint density at radius 3 is 2.07 bits per heavy atom. The van der Waals surface area contributed by atoms with Crippen LogP contribution in [0.15, 0.2) is 48.8 Å². The molecule has 0 spiro atoms. The average molecular weight is 409 g/mol. The molecule has 0 amide bonds. The molecule has 2 rings (SSSR count). The van der Waals surface area contributed by atoms with E-state index in [9.17, 15) is 0 Å².